The van der Waals surface area contributed by atoms with Gasteiger partial charge in [0.2, 0.25) is 5.89 Å². The van der Waals surface area contributed by atoms with Crippen LogP contribution in [0.1, 0.15) is 77.2 Å². The monoisotopic (exact) mass is 331 g/mol. The first-order valence-corrected chi connectivity index (χ1v) is 7.94. The van der Waals surface area contributed by atoms with Gasteiger partial charge >= 0.3 is 0 Å². The number of aromatic nitrogens is 2. The lowest BCUT2D eigenvalue weighted by molar-refractivity contribution is 0.0880. The summed E-state index contributed by atoms with van der Waals surface area (Å²) in [5.74, 6) is 1.24. The van der Waals surface area contributed by atoms with Crippen molar-refractivity contribution in [1.82, 2.24) is 15.5 Å². The number of nitrogens with one attached hydrogen (secondary N) is 1. The predicted octanol–water partition coefficient (Wildman–Crippen LogP) is 2.93. The summed E-state index contributed by atoms with van der Waals surface area (Å²) in [6, 6.07) is -0.452. The number of hydrogen-bond donors (Lipinski definition) is 1. The molecule has 0 bridgehead atoms. The van der Waals surface area contributed by atoms with E-state index in [0.717, 1.165) is 0 Å². The van der Waals surface area contributed by atoms with Gasteiger partial charge in [0.1, 0.15) is 11.8 Å². The SMILES string of the molecule is Cc1noc(C(C)NC(=O)c2oc3c(c2C)C(=O)CC(C)(C)C3)n1. The molecule has 1 N–H and O–H groups in total. The molecule has 7 nitrogen and oxygen atoms in total. The molecule has 128 valence electrons. The lowest BCUT2D eigenvalue weighted by atomic mass is 9.76. The Morgan fingerprint density at radius 3 is 2.62 bits per heavy atom. The van der Waals surface area contributed by atoms with E-state index in [-0.39, 0.29) is 17.0 Å². The number of nitrogens with zero attached hydrogens (tertiary/aromatic N) is 2. The third-order valence-corrected chi connectivity index (χ3v) is 4.24. The molecule has 0 aromatic carbocycles. The summed E-state index contributed by atoms with van der Waals surface area (Å²) in [4.78, 5) is 29.0. The normalized spacial score (nSPS) is 17.5. The quantitative estimate of drug-likeness (QED) is 0.928. The summed E-state index contributed by atoms with van der Waals surface area (Å²) in [7, 11) is 0. The maximum absolute atomic E-state index is 12.5. The standard InChI is InChI=1S/C17H21N3O4/c1-8-13-11(21)6-17(4,5)7-12(13)23-14(8)15(22)18-9(2)16-19-10(3)20-24-16/h9H,6-7H2,1-5H3,(H,18,22). The average molecular weight is 331 g/mol. The highest BCUT2D eigenvalue weighted by atomic mass is 16.5. The number of carbonyl (C=O) groups excluding carboxylic acids is 2. The highest BCUT2D eigenvalue weighted by Crippen LogP contribution is 2.38. The Balaban J connectivity index is 1.85. The van der Waals surface area contributed by atoms with Crippen LogP contribution in [0.3, 0.4) is 0 Å². The molecule has 1 aliphatic rings. The van der Waals surface area contributed by atoms with Gasteiger partial charge in [-0.2, -0.15) is 4.98 Å². The topological polar surface area (TPSA) is 98.2 Å². The Morgan fingerprint density at radius 2 is 2.00 bits per heavy atom. The molecule has 2 aromatic rings. The fourth-order valence-electron chi connectivity index (χ4n) is 3.11. The zero-order chi connectivity index (χ0) is 17.6. The van der Waals surface area contributed by atoms with Gasteiger partial charge in [-0.3, -0.25) is 9.59 Å². The van der Waals surface area contributed by atoms with Gasteiger partial charge in [0.15, 0.2) is 17.4 Å². The Kier molecular flexibility index (Phi) is 3.81. The summed E-state index contributed by atoms with van der Waals surface area (Å²) in [5.41, 5.74) is 0.995. The molecule has 3 rings (SSSR count). The zero-order valence-corrected chi connectivity index (χ0v) is 14.5. The third kappa shape index (κ3) is 2.86. The molecule has 1 atom stereocenters. The highest BCUT2D eigenvalue weighted by molar-refractivity contribution is 6.03. The second-order valence-corrected chi connectivity index (χ2v) is 7.17. The van der Waals surface area contributed by atoms with Crippen molar-refractivity contribution in [1.29, 1.82) is 0 Å². The number of ketones is 1. The number of furan rings is 1. The minimum absolute atomic E-state index is 0.0297. The number of fused-ring (bicyclic) bond motifs is 1. The lowest BCUT2D eigenvalue weighted by Gasteiger charge is -2.27. The van der Waals surface area contributed by atoms with E-state index in [1.807, 2.05) is 13.8 Å². The van der Waals surface area contributed by atoms with Gasteiger partial charge in [-0.25, -0.2) is 0 Å². The summed E-state index contributed by atoms with van der Waals surface area (Å²) in [6.45, 7) is 9.24. The Hall–Kier alpha value is -2.44. The molecule has 2 heterocycles. The summed E-state index contributed by atoms with van der Waals surface area (Å²) in [5, 5.41) is 6.48. The van der Waals surface area contributed by atoms with Gasteiger partial charge in [0, 0.05) is 18.4 Å². The molecule has 0 spiro atoms. The van der Waals surface area contributed by atoms with Crippen LogP contribution in [0.15, 0.2) is 8.94 Å². The minimum Gasteiger partial charge on any atom is -0.455 e. The fourth-order valence-corrected chi connectivity index (χ4v) is 3.11. The second-order valence-electron chi connectivity index (χ2n) is 7.17. The van der Waals surface area contributed by atoms with Crippen LogP contribution in [0.4, 0.5) is 0 Å². The Labute approximate surface area is 139 Å². The van der Waals surface area contributed by atoms with Crippen LogP contribution in [0, 0.1) is 19.3 Å². The van der Waals surface area contributed by atoms with Crippen molar-refractivity contribution >= 4 is 11.7 Å². The molecule has 1 aliphatic carbocycles. The minimum atomic E-state index is -0.452. The van der Waals surface area contributed by atoms with Crippen LogP contribution in [0.2, 0.25) is 0 Å². The molecule has 24 heavy (non-hydrogen) atoms. The molecule has 0 fully saturated rings. The summed E-state index contributed by atoms with van der Waals surface area (Å²) >= 11 is 0. The number of rotatable bonds is 3. The number of aryl methyl sites for hydroxylation is 1. The zero-order valence-electron chi connectivity index (χ0n) is 14.5. The molecule has 0 aliphatic heterocycles. The van der Waals surface area contributed by atoms with Gasteiger partial charge in [-0.1, -0.05) is 19.0 Å². The molecule has 0 saturated carbocycles. The average Bonchev–Trinajstić information content (AvgIpc) is 3.01. The van der Waals surface area contributed by atoms with Gasteiger partial charge in [-0.15, -0.1) is 0 Å². The fraction of sp³-hybridized carbons (Fsp3) is 0.529. The molecule has 0 radical (unpaired) electrons. The van der Waals surface area contributed by atoms with Gasteiger partial charge in [0.05, 0.1) is 5.56 Å². The first kappa shape index (κ1) is 16.4. The van der Waals surface area contributed by atoms with Gasteiger partial charge in [0.25, 0.3) is 5.91 Å². The van der Waals surface area contributed by atoms with Crippen LogP contribution in [-0.4, -0.2) is 21.8 Å². The maximum atomic E-state index is 12.5. The molecule has 1 amide bonds. The van der Waals surface area contributed by atoms with Crippen molar-refractivity contribution in [3.05, 3.63) is 34.4 Å². The smallest absolute Gasteiger partial charge is 0.287 e. The van der Waals surface area contributed by atoms with Crippen LogP contribution in [0.25, 0.3) is 0 Å². The van der Waals surface area contributed by atoms with Gasteiger partial charge < -0.3 is 14.3 Å². The van der Waals surface area contributed by atoms with Crippen molar-refractivity contribution in [3.63, 3.8) is 0 Å². The van der Waals surface area contributed by atoms with Crippen LogP contribution in [-0.2, 0) is 6.42 Å². The third-order valence-electron chi connectivity index (χ3n) is 4.24. The molecular weight excluding hydrogens is 310 g/mol. The molecule has 2 aromatic heterocycles. The van der Waals surface area contributed by atoms with Crippen LogP contribution in [0.5, 0.6) is 0 Å². The highest BCUT2D eigenvalue weighted by Gasteiger charge is 2.37. The predicted molar refractivity (Wildman–Crippen MR) is 84.8 cm³/mol. The molecular formula is C17H21N3O4. The summed E-state index contributed by atoms with van der Waals surface area (Å²) in [6.07, 6.45) is 1.10. The second kappa shape index (κ2) is 5.58. The molecule has 0 saturated heterocycles. The van der Waals surface area contributed by atoms with Crippen molar-refractivity contribution in [2.24, 2.45) is 5.41 Å². The van der Waals surface area contributed by atoms with E-state index in [1.165, 1.54) is 0 Å². The maximum Gasteiger partial charge on any atom is 0.287 e. The molecule has 7 heteroatoms. The van der Waals surface area contributed by atoms with E-state index in [2.05, 4.69) is 15.5 Å². The summed E-state index contributed by atoms with van der Waals surface area (Å²) < 4.78 is 10.8. The number of hydrogen-bond acceptors (Lipinski definition) is 6. The molecule has 1 unspecified atom stereocenters. The number of amides is 1. The first-order chi connectivity index (χ1) is 11.2. The Bertz CT molecular complexity index is 816. The lowest BCUT2D eigenvalue weighted by Crippen LogP contribution is -2.27. The number of carbonyl (C=O) groups is 2. The van der Waals surface area contributed by atoms with E-state index in [0.29, 0.717) is 41.4 Å². The van der Waals surface area contributed by atoms with Crippen molar-refractivity contribution in [2.75, 3.05) is 0 Å². The Morgan fingerprint density at radius 1 is 1.29 bits per heavy atom. The number of Topliss-reactive ketones (excluding diaryl/α,β-unsaturated/α-hetero) is 1. The van der Waals surface area contributed by atoms with E-state index < -0.39 is 11.9 Å². The van der Waals surface area contributed by atoms with E-state index >= 15 is 0 Å². The van der Waals surface area contributed by atoms with Gasteiger partial charge in [-0.05, 0) is 26.2 Å². The van der Waals surface area contributed by atoms with Crippen LogP contribution >= 0.6 is 0 Å². The van der Waals surface area contributed by atoms with E-state index in [1.54, 1.807) is 20.8 Å². The van der Waals surface area contributed by atoms with Crippen molar-refractivity contribution < 1.29 is 18.5 Å². The van der Waals surface area contributed by atoms with Crippen LogP contribution < -0.4 is 5.32 Å². The van der Waals surface area contributed by atoms with E-state index in [9.17, 15) is 9.59 Å². The van der Waals surface area contributed by atoms with E-state index in [4.69, 9.17) is 8.94 Å². The first-order valence-electron chi connectivity index (χ1n) is 7.94. The van der Waals surface area contributed by atoms with Crippen molar-refractivity contribution in [3.8, 4) is 0 Å². The van der Waals surface area contributed by atoms with Crippen molar-refractivity contribution in [2.45, 2.75) is 53.5 Å². The largest absolute Gasteiger partial charge is 0.455 e.